The molecule has 1 saturated heterocycles. The van der Waals surface area contributed by atoms with E-state index in [0.29, 0.717) is 41.4 Å². The molecule has 1 aliphatic heterocycles. The predicted octanol–water partition coefficient (Wildman–Crippen LogP) is 4.27. The van der Waals surface area contributed by atoms with E-state index in [1.54, 1.807) is 18.2 Å². The molecule has 1 aromatic carbocycles. The summed E-state index contributed by atoms with van der Waals surface area (Å²) in [6, 6.07) is 4.97. The van der Waals surface area contributed by atoms with Gasteiger partial charge in [-0.1, -0.05) is 37.0 Å². The van der Waals surface area contributed by atoms with E-state index in [0.717, 1.165) is 6.42 Å². The number of ether oxygens (including phenoxy) is 1. The third-order valence-corrected chi connectivity index (χ3v) is 3.78. The summed E-state index contributed by atoms with van der Waals surface area (Å²) in [6.45, 7) is 6.03. The monoisotopic (exact) mass is 330 g/mol. The zero-order valence-electron chi connectivity index (χ0n) is 12.2. The summed E-state index contributed by atoms with van der Waals surface area (Å²) in [7, 11) is 0. The Morgan fingerprint density at radius 3 is 2.67 bits per heavy atom. The van der Waals surface area contributed by atoms with Crippen molar-refractivity contribution in [1.29, 1.82) is 0 Å². The van der Waals surface area contributed by atoms with Crippen molar-refractivity contribution in [2.45, 2.75) is 26.3 Å². The molecule has 0 radical (unpaired) electrons. The minimum atomic E-state index is -0.137. The molecular weight excluding hydrogens is 311 g/mol. The van der Waals surface area contributed by atoms with Gasteiger partial charge in [0.25, 0.3) is 0 Å². The van der Waals surface area contributed by atoms with Crippen LogP contribution in [0.25, 0.3) is 0 Å². The summed E-state index contributed by atoms with van der Waals surface area (Å²) in [4.78, 5) is 14.3. The SMILES string of the molecule is CC(C)CC1COCCN1C(=O)Nc1cc(Cl)cc(Cl)c1. The largest absolute Gasteiger partial charge is 0.377 e. The van der Waals surface area contributed by atoms with E-state index in [1.165, 1.54) is 0 Å². The Morgan fingerprint density at radius 2 is 2.05 bits per heavy atom. The summed E-state index contributed by atoms with van der Waals surface area (Å²) in [5.41, 5.74) is 0.604. The number of morpholine rings is 1. The van der Waals surface area contributed by atoms with E-state index in [9.17, 15) is 4.79 Å². The molecule has 1 unspecified atom stereocenters. The van der Waals surface area contributed by atoms with Crippen molar-refractivity contribution in [1.82, 2.24) is 4.90 Å². The number of benzene rings is 1. The van der Waals surface area contributed by atoms with Gasteiger partial charge in [-0.15, -0.1) is 0 Å². The number of urea groups is 1. The summed E-state index contributed by atoms with van der Waals surface area (Å²) < 4.78 is 5.49. The smallest absolute Gasteiger partial charge is 0.322 e. The van der Waals surface area contributed by atoms with E-state index in [2.05, 4.69) is 19.2 Å². The molecule has 1 N–H and O–H groups in total. The molecule has 1 aromatic rings. The topological polar surface area (TPSA) is 41.6 Å². The predicted molar refractivity (Wildman–Crippen MR) is 86.2 cm³/mol. The molecule has 0 bridgehead atoms. The van der Waals surface area contributed by atoms with Crippen LogP contribution < -0.4 is 5.32 Å². The van der Waals surface area contributed by atoms with Gasteiger partial charge in [0, 0.05) is 22.3 Å². The number of carbonyl (C=O) groups is 1. The molecule has 4 nitrogen and oxygen atoms in total. The van der Waals surface area contributed by atoms with Crippen molar-refractivity contribution in [2.24, 2.45) is 5.92 Å². The first-order valence-electron chi connectivity index (χ1n) is 7.07. The van der Waals surface area contributed by atoms with E-state index >= 15 is 0 Å². The number of nitrogens with zero attached hydrogens (tertiary/aromatic N) is 1. The van der Waals surface area contributed by atoms with Gasteiger partial charge in [-0.05, 0) is 30.5 Å². The van der Waals surface area contributed by atoms with E-state index in [1.807, 2.05) is 4.90 Å². The number of nitrogens with one attached hydrogen (secondary N) is 1. The van der Waals surface area contributed by atoms with Crippen LogP contribution in [0.1, 0.15) is 20.3 Å². The van der Waals surface area contributed by atoms with Crippen LogP contribution in [0.4, 0.5) is 10.5 Å². The Balaban J connectivity index is 2.06. The summed E-state index contributed by atoms with van der Waals surface area (Å²) in [5, 5.41) is 3.86. The third-order valence-electron chi connectivity index (χ3n) is 3.35. The second kappa shape index (κ2) is 7.34. The van der Waals surface area contributed by atoms with Gasteiger partial charge in [0.2, 0.25) is 0 Å². The minimum absolute atomic E-state index is 0.105. The molecule has 0 aromatic heterocycles. The number of hydrogen-bond acceptors (Lipinski definition) is 2. The first-order valence-corrected chi connectivity index (χ1v) is 7.82. The highest BCUT2D eigenvalue weighted by molar-refractivity contribution is 6.35. The number of anilines is 1. The number of halogens is 2. The van der Waals surface area contributed by atoms with E-state index in [4.69, 9.17) is 27.9 Å². The molecule has 116 valence electrons. The van der Waals surface area contributed by atoms with Gasteiger partial charge in [-0.25, -0.2) is 4.79 Å². The van der Waals surface area contributed by atoms with Gasteiger partial charge >= 0.3 is 6.03 Å². The van der Waals surface area contributed by atoms with Crippen molar-refractivity contribution in [3.63, 3.8) is 0 Å². The highest BCUT2D eigenvalue weighted by Gasteiger charge is 2.27. The van der Waals surface area contributed by atoms with Crippen molar-refractivity contribution in [3.05, 3.63) is 28.2 Å². The molecule has 1 heterocycles. The van der Waals surface area contributed by atoms with Crippen molar-refractivity contribution in [2.75, 3.05) is 25.1 Å². The number of rotatable bonds is 3. The van der Waals surface area contributed by atoms with Crippen LogP contribution in [0.5, 0.6) is 0 Å². The van der Waals surface area contributed by atoms with E-state index in [-0.39, 0.29) is 12.1 Å². The number of amides is 2. The van der Waals surface area contributed by atoms with Gasteiger partial charge in [-0.2, -0.15) is 0 Å². The van der Waals surface area contributed by atoms with Crippen molar-refractivity contribution < 1.29 is 9.53 Å². The highest BCUT2D eigenvalue weighted by Crippen LogP contribution is 2.23. The Bertz CT molecular complexity index is 488. The first kappa shape index (κ1) is 16.4. The molecule has 21 heavy (non-hydrogen) atoms. The first-order chi connectivity index (χ1) is 9.95. The van der Waals surface area contributed by atoms with Gasteiger partial charge < -0.3 is 15.0 Å². The Kier molecular flexibility index (Phi) is 5.73. The molecule has 1 atom stereocenters. The van der Waals surface area contributed by atoms with Gasteiger partial charge in [0.15, 0.2) is 0 Å². The molecule has 1 aliphatic rings. The van der Waals surface area contributed by atoms with Gasteiger partial charge in [0.05, 0.1) is 19.3 Å². The van der Waals surface area contributed by atoms with Gasteiger partial charge in [0.1, 0.15) is 0 Å². The van der Waals surface area contributed by atoms with Crippen LogP contribution in [0.3, 0.4) is 0 Å². The standard InChI is InChI=1S/C15H20Cl2N2O2/c1-10(2)5-14-9-21-4-3-19(14)15(20)18-13-7-11(16)6-12(17)8-13/h6-8,10,14H,3-5,9H2,1-2H3,(H,18,20). The maximum absolute atomic E-state index is 12.5. The second-order valence-electron chi connectivity index (χ2n) is 5.64. The van der Waals surface area contributed by atoms with Crippen molar-refractivity contribution in [3.8, 4) is 0 Å². The lowest BCUT2D eigenvalue weighted by atomic mass is 10.0. The molecule has 2 amide bonds. The average Bonchev–Trinajstić information content (AvgIpc) is 2.37. The zero-order chi connectivity index (χ0) is 15.4. The molecule has 1 fully saturated rings. The molecule has 6 heteroatoms. The number of hydrogen-bond donors (Lipinski definition) is 1. The van der Waals surface area contributed by atoms with Crippen LogP contribution >= 0.6 is 23.2 Å². The molecule has 0 aliphatic carbocycles. The van der Waals surface area contributed by atoms with Crippen LogP contribution in [-0.4, -0.2) is 36.7 Å². The number of carbonyl (C=O) groups excluding carboxylic acids is 1. The normalized spacial score (nSPS) is 18.9. The fraction of sp³-hybridized carbons (Fsp3) is 0.533. The molecule has 0 saturated carbocycles. The molecule has 0 spiro atoms. The second-order valence-corrected chi connectivity index (χ2v) is 6.51. The summed E-state index contributed by atoms with van der Waals surface area (Å²) >= 11 is 11.9. The van der Waals surface area contributed by atoms with E-state index < -0.39 is 0 Å². The van der Waals surface area contributed by atoms with Crippen LogP contribution in [0, 0.1) is 5.92 Å². The van der Waals surface area contributed by atoms with Crippen LogP contribution in [0.2, 0.25) is 10.0 Å². The lowest BCUT2D eigenvalue weighted by molar-refractivity contribution is 0.00857. The minimum Gasteiger partial charge on any atom is -0.377 e. The van der Waals surface area contributed by atoms with Gasteiger partial charge in [-0.3, -0.25) is 0 Å². The quantitative estimate of drug-likeness (QED) is 0.898. The fourth-order valence-electron chi connectivity index (χ4n) is 2.48. The highest BCUT2D eigenvalue weighted by atomic mass is 35.5. The van der Waals surface area contributed by atoms with Crippen LogP contribution in [-0.2, 0) is 4.74 Å². The summed E-state index contributed by atoms with van der Waals surface area (Å²) in [5.74, 6) is 0.507. The Labute approximate surface area is 135 Å². The summed E-state index contributed by atoms with van der Waals surface area (Å²) in [6.07, 6.45) is 0.920. The fourth-order valence-corrected chi connectivity index (χ4v) is 3.01. The maximum atomic E-state index is 12.5. The van der Waals surface area contributed by atoms with Crippen LogP contribution in [0.15, 0.2) is 18.2 Å². The maximum Gasteiger partial charge on any atom is 0.322 e. The lowest BCUT2D eigenvalue weighted by Gasteiger charge is -2.36. The zero-order valence-corrected chi connectivity index (χ0v) is 13.7. The average molecular weight is 331 g/mol. The molecule has 2 rings (SSSR count). The Morgan fingerprint density at radius 1 is 1.38 bits per heavy atom. The lowest BCUT2D eigenvalue weighted by Crippen LogP contribution is -2.50. The third kappa shape index (κ3) is 4.77. The van der Waals surface area contributed by atoms with Crippen molar-refractivity contribution >= 4 is 34.9 Å². The Hall–Kier alpha value is -0.970. The molecular formula is C15H20Cl2N2O2.